The van der Waals surface area contributed by atoms with Gasteiger partial charge in [-0.3, -0.25) is 24.6 Å². The van der Waals surface area contributed by atoms with Gasteiger partial charge in [-0.25, -0.2) is 0 Å². The first-order valence-corrected chi connectivity index (χ1v) is 9.07. The fourth-order valence-corrected chi connectivity index (χ4v) is 2.44. The van der Waals surface area contributed by atoms with Crippen LogP contribution in [0, 0.1) is 20.2 Å². The van der Waals surface area contributed by atoms with Crippen LogP contribution in [-0.2, 0) is 4.84 Å². The van der Waals surface area contributed by atoms with Gasteiger partial charge in [0.2, 0.25) is 0 Å². The molecule has 0 aromatic heterocycles. The summed E-state index contributed by atoms with van der Waals surface area (Å²) in [6.07, 6.45) is 0.603. The molecular weight excluding hydrogens is 388 g/mol. The summed E-state index contributed by atoms with van der Waals surface area (Å²) in [5.74, 6) is -1.59. The minimum Gasteiger partial charge on any atom is -0.487 e. The van der Waals surface area contributed by atoms with Crippen molar-refractivity contribution in [3.63, 3.8) is 0 Å². The van der Waals surface area contributed by atoms with Crippen molar-refractivity contribution in [3.05, 3.63) is 43.5 Å². The first-order chi connectivity index (χ1) is 13.8. The number of carbonyl (C=O) groups is 2. The molecule has 1 N–H and O–H groups in total. The first kappa shape index (κ1) is 23.8. The summed E-state index contributed by atoms with van der Waals surface area (Å²) in [6.45, 7) is 7.58. The highest BCUT2D eigenvalue weighted by atomic mass is 16.9. The van der Waals surface area contributed by atoms with Gasteiger partial charge < -0.3 is 14.9 Å². The summed E-state index contributed by atoms with van der Waals surface area (Å²) in [5, 5.41) is 23.3. The molecule has 1 heterocycles. The van der Waals surface area contributed by atoms with Gasteiger partial charge in [-0.15, -0.1) is 10.1 Å². The quantitative estimate of drug-likeness (QED) is 0.344. The van der Waals surface area contributed by atoms with Crippen molar-refractivity contribution < 1.29 is 29.2 Å². The molecule has 2 rings (SSSR count). The van der Waals surface area contributed by atoms with Crippen molar-refractivity contribution >= 4 is 17.5 Å². The Balaban J connectivity index is 0.000000749. The lowest BCUT2D eigenvalue weighted by atomic mass is 10.1. The van der Waals surface area contributed by atoms with E-state index < -0.39 is 34.1 Å². The van der Waals surface area contributed by atoms with Crippen LogP contribution in [0.4, 0.5) is 5.69 Å². The van der Waals surface area contributed by atoms with Gasteiger partial charge in [0.15, 0.2) is 5.75 Å². The Morgan fingerprint density at radius 2 is 1.59 bits per heavy atom. The Labute approximate surface area is 167 Å². The van der Waals surface area contributed by atoms with Crippen molar-refractivity contribution in [1.29, 1.82) is 0 Å². The van der Waals surface area contributed by atoms with Crippen LogP contribution in [-0.4, -0.2) is 59.6 Å². The van der Waals surface area contributed by atoms with Gasteiger partial charge in [-0.05, 0) is 19.5 Å². The third-order valence-electron chi connectivity index (χ3n) is 3.72. The number of fused-ring (bicyclic) bond motifs is 1. The molecule has 0 unspecified atom stereocenters. The molecule has 160 valence electrons. The largest absolute Gasteiger partial charge is 0.487 e. The predicted octanol–water partition coefficient (Wildman–Crippen LogP) is 1.80. The van der Waals surface area contributed by atoms with Crippen molar-refractivity contribution in [3.8, 4) is 5.75 Å². The second kappa shape index (κ2) is 11.5. The van der Waals surface area contributed by atoms with E-state index in [1.807, 2.05) is 6.92 Å². The number of hydrogen-bond acceptors (Lipinski definition) is 9. The molecule has 0 aliphatic carbocycles. The standard InChI is InChI=1S/C13H13N3O8.C4H11N/c1-2-4-23-11-7-9-8(6-10(11)15(19)20)12(17)14(13(9)18)3-5-24-16(21)22;1-3-5-4-2/h6-7H,2-5H2,1H3;5H,3-4H2,1-2H3. The Bertz CT molecular complexity index is 766. The molecule has 0 spiro atoms. The summed E-state index contributed by atoms with van der Waals surface area (Å²) in [7, 11) is 0. The van der Waals surface area contributed by atoms with Crippen LogP contribution >= 0.6 is 0 Å². The highest BCUT2D eigenvalue weighted by Gasteiger charge is 2.38. The number of hydrogen-bond donors (Lipinski definition) is 1. The zero-order valence-corrected chi connectivity index (χ0v) is 16.5. The fourth-order valence-electron chi connectivity index (χ4n) is 2.44. The van der Waals surface area contributed by atoms with Crippen molar-refractivity contribution in [2.24, 2.45) is 0 Å². The molecule has 29 heavy (non-hydrogen) atoms. The van der Waals surface area contributed by atoms with E-state index in [1.165, 1.54) is 0 Å². The number of rotatable bonds is 10. The summed E-state index contributed by atoms with van der Waals surface area (Å²) in [4.78, 5) is 49.8. The highest BCUT2D eigenvalue weighted by Crippen LogP contribution is 2.35. The lowest BCUT2D eigenvalue weighted by molar-refractivity contribution is -0.757. The van der Waals surface area contributed by atoms with E-state index in [0.717, 1.165) is 30.1 Å². The Hall–Kier alpha value is -3.28. The molecule has 0 radical (unpaired) electrons. The number of carbonyl (C=O) groups excluding carboxylic acids is 2. The summed E-state index contributed by atoms with van der Waals surface area (Å²) in [6, 6.07) is 2.13. The van der Waals surface area contributed by atoms with Crippen molar-refractivity contribution in [2.75, 3.05) is 32.8 Å². The minimum atomic E-state index is -1.04. The number of nitro groups is 1. The lowest BCUT2D eigenvalue weighted by Crippen LogP contribution is -2.33. The molecule has 2 amide bonds. The van der Waals surface area contributed by atoms with Crippen LogP contribution < -0.4 is 10.1 Å². The molecule has 1 aromatic rings. The van der Waals surface area contributed by atoms with E-state index in [1.54, 1.807) is 0 Å². The summed E-state index contributed by atoms with van der Waals surface area (Å²) in [5.41, 5.74) is -0.610. The Morgan fingerprint density at radius 1 is 1.00 bits per heavy atom. The third kappa shape index (κ3) is 6.38. The Morgan fingerprint density at radius 3 is 2.03 bits per heavy atom. The molecule has 12 heteroatoms. The number of nitro benzene ring substituents is 1. The fraction of sp³-hybridized carbons (Fsp3) is 0.529. The Kier molecular flexibility index (Phi) is 9.45. The SMILES string of the molecule is CCCOc1cc2c(cc1[N+](=O)[O-])C(=O)N(CCO[N+](=O)[O-])C2=O.CCNCC. The maximum atomic E-state index is 12.2. The number of amides is 2. The van der Waals surface area contributed by atoms with Crippen LogP contribution in [0.3, 0.4) is 0 Å². The average Bonchev–Trinajstić information content (AvgIpc) is 2.90. The zero-order valence-electron chi connectivity index (χ0n) is 16.5. The molecule has 0 saturated heterocycles. The second-order valence-corrected chi connectivity index (χ2v) is 5.75. The van der Waals surface area contributed by atoms with E-state index in [2.05, 4.69) is 24.0 Å². The number of imide groups is 1. The lowest BCUT2D eigenvalue weighted by Gasteiger charge is -2.12. The predicted molar refractivity (Wildman–Crippen MR) is 101 cm³/mol. The molecule has 1 aromatic carbocycles. The number of nitrogens with zero attached hydrogens (tertiary/aromatic N) is 3. The molecule has 0 bridgehead atoms. The molecule has 1 aliphatic heterocycles. The van der Waals surface area contributed by atoms with Gasteiger partial charge in [0.1, 0.15) is 6.61 Å². The zero-order chi connectivity index (χ0) is 22.0. The molecule has 0 saturated carbocycles. The van der Waals surface area contributed by atoms with Crippen molar-refractivity contribution in [1.82, 2.24) is 10.2 Å². The smallest absolute Gasteiger partial charge is 0.311 e. The van der Waals surface area contributed by atoms with E-state index in [-0.39, 0.29) is 30.0 Å². The summed E-state index contributed by atoms with van der Waals surface area (Å²) >= 11 is 0. The van der Waals surface area contributed by atoms with E-state index in [0.29, 0.717) is 6.42 Å². The van der Waals surface area contributed by atoms with Gasteiger partial charge in [0, 0.05) is 12.1 Å². The molecule has 12 nitrogen and oxygen atoms in total. The highest BCUT2D eigenvalue weighted by molar-refractivity contribution is 6.21. The van der Waals surface area contributed by atoms with Crippen LogP contribution in [0.2, 0.25) is 0 Å². The van der Waals surface area contributed by atoms with E-state index in [9.17, 15) is 29.8 Å². The second-order valence-electron chi connectivity index (χ2n) is 5.75. The van der Waals surface area contributed by atoms with Gasteiger partial charge in [0.05, 0.1) is 29.2 Å². The average molecular weight is 412 g/mol. The number of ether oxygens (including phenoxy) is 1. The normalized spacial score (nSPS) is 12.2. The van der Waals surface area contributed by atoms with Gasteiger partial charge >= 0.3 is 5.69 Å². The van der Waals surface area contributed by atoms with Crippen LogP contribution in [0.5, 0.6) is 5.75 Å². The van der Waals surface area contributed by atoms with Crippen LogP contribution in [0.25, 0.3) is 0 Å². The minimum absolute atomic E-state index is 0.0437. The first-order valence-electron chi connectivity index (χ1n) is 9.07. The number of nitrogens with one attached hydrogen (secondary N) is 1. The van der Waals surface area contributed by atoms with E-state index >= 15 is 0 Å². The van der Waals surface area contributed by atoms with Gasteiger partial charge in [-0.1, -0.05) is 20.8 Å². The third-order valence-corrected chi connectivity index (χ3v) is 3.72. The number of benzene rings is 1. The van der Waals surface area contributed by atoms with Crippen LogP contribution in [0.15, 0.2) is 12.1 Å². The van der Waals surface area contributed by atoms with Gasteiger partial charge in [-0.2, -0.15) is 0 Å². The van der Waals surface area contributed by atoms with Crippen molar-refractivity contribution in [2.45, 2.75) is 27.2 Å². The molecule has 0 fully saturated rings. The summed E-state index contributed by atoms with van der Waals surface area (Å²) < 4.78 is 5.27. The maximum Gasteiger partial charge on any atom is 0.311 e. The topological polar surface area (TPSA) is 154 Å². The molecule has 0 atom stereocenters. The van der Waals surface area contributed by atoms with Gasteiger partial charge in [0.25, 0.3) is 16.9 Å². The maximum absolute atomic E-state index is 12.2. The van der Waals surface area contributed by atoms with Crippen LogP contribution in [0.1, 0.15) is 47.9 Å². The molecule has 1 aliphatic rings. The van der Waals surface area contributed by atoms with E-state index in [4.69, 9.17) is 4.74 Å². The molecular formula is C17H24N4O8. The monoisotopic (exact) mass is 412 g/mol.